The Morgan fingerprint density at radius 3 is 2.67 bits per heavy atom. The summed E-state index contributed by atoms with van der Waals surface area (Å²) < 4.78 is 6.34. The molecule has 0 N–H and O–H groups in total. The SMILES string of the molecule is C[C@@H]1C[C@@H](Sc2ccccc2)C2(CCSCC2)O1. The number of hydrogen-bond donors (Lipinski definition) is 0. The Balaban J connectivity index is 1.77. The van der Waals surface area contributed by atoms with E-state index in [4.69, 9.17) is 4.74 Å². The molecule has 0 amide bonds. The molecule has 1 spiro atoms. The Morgan fingerprint density at radius 2 is 1.94 bits per heavy atom. The van der Waals surface area contributed by atoms with Crippen LogP contribution in [0.2, 0.25) is 0 Å². The van der Waals surface area contributed by atoms with Gasteiger partial charge in [0.05, 0.1) is 11.7 Å². The van der Waals surface area contributed by atoms with Crippen LogP contribution in [0.3, 0.4) is 0 Å². The molecule has 1 aromatic carbocycles. The number of benzene rings is 1. The molecule has 2 saturated heterocycles. The molecule has 18 heavy (non-hydrogen) atoms. The molecule has 2 fully saturated rings. The molecule has 1 nitrogen and oxygen atoms in total. The predicted molar refractivity (Wildman–Crippen MR) is 80.5 cm³/mol. The maximum absolute atomic E-state index is 6.34. The molecule has 2 atom stereocenters. The zero-order valence-corrected chi connectivity index (χ0v) is 12.4. The van der Waals surface area contributed by atoms with Crippen molar-refractivity contribution in [1.82, 2.24) is 0 Å². The number of rotatable bonds is 2. The van der Waals surface area contributed by atoms with Crippen LogP contribution in [-0.4, -0.2) is 28.5 Å². The Labute approximate surface area is 118 Å². The van der Waals surface area contributed by atoms with Gasteiger partial charge in [0.1, 0.15) is 0 Å². The molecule has 1 aromatic rings. The van der Waals surface area contributed by atoms with E-state index in [0.717, 1.165) is 0 Å². The van der Waals surface area contributed by atoms with Crippen molar-refractivity contribution >= 4 is 23.5 Å². The summed E-state index contributed by atoms with van der Waals surface area (Å²) in [5, 5.41) is 0.635. The minimum absolute atomic E-state index is 0.158. The summed E-state index contributed by atoms with van der Waals surface area (Å²) in [4.78, 5) is 1.39. The van der Waals surface area contributed by atoms with E-state index in [1.54, 1.807) is 0 Å². The van der Waals surface area contributed by atoms with E-state index in [1.165, 1.54) is 35.7 Å². The van der Waals surface area contributed by atoms with Crippen LogP contribution in [0.5, 0.6) is 0 Å². The van der Waals surface area contributed by atoms with Crippen molar-refractivity contribution in [1.29, 1.82) is 0 Å². The highest BCUT2D eigenvalue weighted by Crippen LogP contribution is 2.48. The van der Waals surface area contributed by atoms with Gasteiger partial charge >= 0.3 is 0 Å². The van der Waals surface area contributed by atoms with Crippen LogP contribution < -0.4 is 0 Å². The van der Waals surface area contributed by atoms with Gasteiger partial charge in [0.2, 0.25) is 0 Å². The fourth-order valence-corrected chi connectivity index (χ4v) is 5.72. The van der Waals surface area contributed by atoms with Crippen LogP contribution in [0, 0.1) is 0 Å². The van der Waals surface area contributed by atoms with Gasteiger partial charge in [0.15, 0.2) is 0 Å². The van der Waals surface area contributed by atoms with E-state index in [0.29, 0.717) is 11.4 Å². The molecule has 0 aliphatic carbocycles. The van der Waals surface area contributed by atoms with Gasteiger partial charge < -0.3 is 4.74 Å². The van der Waals surface area contributed by atoms with Crippen molar-refractivity contribution in [3.05, 3.63) is 30.3 Å². The summed E-state index contributed by atoms with van der Waals surface area (Å²) in [6.45, 7) is 2.23. The maximum Gasteiger partial charge on any atom is 0.0824 e. The molecule has 3 heteroatoms. The first-order valence-electron chi connectivity index (χ1n) is 6.76. The molecule has 0 radical (unpaired) electrons. The van der Waals surface area contributed by atoms with Gasteiger partial charge in [0, 0.05) is 10.1 Å². The summed E-state index contributed by atoms with van der Waals surface area (Å²) in [5.41, 5.74) is 0.158. The monoisotopic (exact) mass is 280 g/mol. The molecular formula is C15H20OS2. The first kappa shape index (κ1) is 12.9. The second-order valence-corrected chi connectivity index (χ2v) is 7.76. The minimum Gasteiger partial charge on any atom is -0.371 e. The standard InChI is InChI=1S/C15H20OS2/c1-12-11-14(18-13-5-3-2-4-6-13)15(16-12)7-9-17-10-8-15/h2-6,12,14H,7-11H2,1H3/t12-,14-/m1/s1. The molecule has 3 rings (SSSR count). The fraction of sp³-hybridized carbons (Fsp3) is 0.600. The lowest BCUT2D eigenvalue weighted by Gasteiger charge is -2.37. The largest absolute Gasteiger partial charge is 0.371 e. The summed E-state index contributed by atoms with van der Waals surface area (Å²) in [5.74, 6) is 2.52. The molecule has 0 saturated carbocycles. The van der Waals surface area contributed by atoms with E-state index in [2.05, 4.69) is 49.0 Å². The lowest BCUT2D eigenvalue weighted by atomic mass is 9.92. The highest BCUT2D eigenvalue weighted by Gasteiger charge is 2.48. The average molecular weight is 280 g/mol. The lowest BCUT2D eigenvalue weighted by Crippen LogP contribution is -2.41. The van der Waals surface area contributed by atoms with E-state index in [1.807, 2.05) is 11.8 Å². The molecule has 0 unspecified atom stereocenters. The normalized spacial score (nSPS) is 30.7. The van der Waals surface area contributed by atoms with Gasteiger partial charge in [-0.25, -0.2) is 0 Å². The van der Waals surface area contributed by atoms with E-state index >= 15 is 0 Å². The van der Waals surface area contributed by atoms with Crippen molar-refractivity contribution in [2.45, 2.75) is 48.0 Å². The van der Waals surface area contributed by atoms with Gasteiger partial charge in [-0.05, 0) is 49.8 Å². The third-order valence-electron chi connectivity index (χ3n) is 3.93. The van der Waals surface area contributed by atoms with Gasteiger partial charge in [-0.1, -0.05) is 18.2 Å². The topological polar surface area (TPSA) is 9.23 Å². The van der Waals surface area contributed by atoms with Crippen molar-refractivity contribution in [3.63, 3.8) is 0 Å². The lowest BCUT2D eigenvalue weighted by molar-refractivity contribution is -0.0368. The summed E-state index contributed by atoms with van der Waals surface area (Å²) in [6, 6.07) is 10.8. The van der Waals surface area contributed by atoms with Crippen LogP contribution in [0.25, 0.3) is 0 Å². The Morgan fingerprint density at radius 1 is 1.22 bits per heavy atom. The third-order valence-corrected chi connectivity index (χ3v) is 6.37. The minimum atomic E-state index is 0.158. The quantitative estimate of drug-likeness (QED) is 0.802. The second-order valence-electron chi connectivity index (χ2n) is 5.26. The van der Waals surface area contributed by atoms with Crippen LogP contribution in [0.15, 0.2) is 35.2 Å². The van der Waals surface area contributed by atoms with Crippen molar-refractivity contribution in [2.24, 2.45) is 0 Å². The predicted octanol–water partition coefficient (Wildman–Crippen LogP) is 4.22. The summed E-state index contributed by atoms with van der Waals surface area (Å²) in [7, 11) is 0. The molecule has 98 valence electrons. The smallest absolute Gasteiger partial charge is 0.0824 e. The first-order chi connectivity index (χ1) is 8.78. The van der Waals surface area contributed by atoms with E-state index in [9.17, 15) is 0 Å². The van der Waals surface area contributed by atoms with Crippen LogP contribution in [0.4, 0.5) is 0 Å². The van der Waals surface area contributed by atoms with Crippen LogP contribution in [0.1, 0.15) is 26.2 Å². The Hall–Kier alpha value is -0.120. The third kappa shape index (κ3) is 2.59. The van der Waals surface area contributed by atoms with Crippen LogP contribution in [-0.2, 0) is 4.74 Å². The zero-order chi connectivity index (χ0) is 12.4. The van der Waals surface area contributed by atoms with Gasteiger partial charge in [-0.3, -0.25) is 0 Å². The van der Waals surface area contributed by atoms with Crippen molar-refractivity contribution in [2.75, 3.05) is 11.5 Å². The molecule has 0 bridgehead atoms. The summed E-state index contributed by atoms with van der Waals surface area (Å²) >= 11 is 4.10. The highest BCUT2D eigenvalue weighted by molar-refractivity contribution is 8.00. The highest BCUT2D eigenvalue weighted by atomic mass is 32.2. The van der Waals surface area contributed by atoms with Gasteiger partial charge in [-0.2, -0.15) is 11.8 Å². The van der Waals surface area contributed by atoms with E-state index < -0.39 is 0 Å². The Kier molecular flexibility index (Phi) is 3.92. The Bertz CT molecular complexity index is 387. The molecule has 2 heterocycles. The van der Waals surface area contributed by atoms with Crippen LogP contribution >= 0.6 is 23.5 Å². The first-order valence-corrected chi connectivity index (χ1v) is 8.79. The van der Waals surface area contributed by atoms with Crippen molar-refractivity contribution in [3.8, 4) is 0 Å². The van der Waals surface area contributed by atoms with Gasteiger partial charge in [-0.15, -0.1) is 11.8 Å². The van der Waals surface area contributed by atoms with E-state index in [-0.39, 0.29) is 5.60 Å². The molecule has 0 aromatic heterocycles. The molecule has 2 aliphatic heterocycles. The second kappa shape index (κ2) is 5.48. The molecular weight excluding hydrogens is 260 g/mol. The fourth-order valence-electron chi connectivity index (χ4n) is 3.02. The number of thioether (sulfide) groups is 2. The average Bonchev–Trinajstić information content (AvgIpc) is 2.67. The number of ether oxygens (including phenoxy) is 1. The summed E-state index contributed by atoms with van der Waals surface area (Å²) in [6.07, 6.45) is 4.08. The van der Waals surface area contributed by atoms with Crippen molar-refractivity contribution < 1.29 is 4.74 Å². The number of hydrogen-bond acceptors (Lipinski definition) is 3. The molecule has 2 aliphatic rings. The van der Waals surface area contributed by atoms with Gasteiger partial charge in [0.25, 0.3) is 0 Å². The maximum atomic E-state index is 6.34. The zero-order valence-electron chi connectivity index (χ0n) is 10.8.